The molecule has 0 aliphatic heterocycles. The number of carbonyl (C=O) groups is 4. The van der Waals surface area contributed by atoms with Crippen LogP contribution in [0.2, 0.25) is 20.1 Å². The molecule has 0 bridgehead atoms. The van der Waals surface area contributed by atoms with Crippen molar-refractivity contribution in [1.29, 1.82) is 0 Å². The molecule has 0 saturated heterocycles. The second-order valence-electron chi connectivity index (χ2n) is 15.1. The molecular weight excluding hydrogens is 1010 g/mol. The van der Waals surface area contributed by atoms with Crippen LogP contribution < -0.4 is 5.32 Å². The molecule has 9 aromatic rings. The van der Waals surface area contributed by atoms with Gasteiger partial charge < -0.3 is 20.3 Å². The number of nitrogens with one attached hydrogen (secondary N) is 1. The largest absolute Gasteiger partial charge is 0.478 e. The predicted molar refractivity (Wildman–Crippen MR) is 278 cm³/mol. The molecule has 0 fully saturated rings. The molecule has 0 saturated carbocycles. The Bertz CT molecular complexity index is 3420. The molecule has 11 nitrogen and oxygen atoms in total. The summed E-state index contributed by atoms with van der Waals surface area (Å²) in [6.45, 7) is 0.386. The fraction of sp³-hybridized carbons (Fsp3) is 0.0377. The van der Waals surface area contributed by atoms with Crippen LogP contribution in [0.25, 0.3) is 65.9 Å². The van der Waals surface area contributed by atoms with Gasteiger partial charge in [-0.15, -0.1) is 22.7 Å². The van der Waals surface area contributed by atoms with Crippen LogP contribution >= 0.6 is 69.1 Å². The van der Waals surface area contributed by atoms with Crippen LogP contribution in [0.3, 0.4) is 0 Å². The van der Waals surface area contributed by atoms with E-state index < -0.39 is 17.9 Å². The average molecular weight is 1040 g/mol. The molecule has 0 unspecified atom stereocenters. The van der Waals surface area contributed by atoms with E-state index in [1.165, 1.54) is 41.9 Å². The van der Waals surface area contributed by atoms with Gasteiger partial charge in [0.05, 0.1) is 55.3 Å². The number of hydrogen-bond acceptors (Lipinski definition) is 10. The van der Waals surface area contributed by atoms with E-state index in [-0.39, 0.29) is 17.0 Å². The van der Waals surface area contributed by atoms with Crippen LogP contribution in [0.1, 0.15) is 47.0 Å². The molecule has 0 aliphatic carbocycles. The highest BCUT2D eigenvalue weighted by Crippen LogP contribution is 2.37. The number of esters is 1. The number of thiazole rings is 2. The van der Waals surface area contributed by atoms with Crippen molar-refractivity contribution in [3.8, 4) is 65.9 Å². The zero-order valence-electron chi connectivity index (χ0n) is 36.3. The topological polar surface area (TPSA) is 169 Å². The van der Waals surface area contributed by atoms with E-state index in [9.17, 15) is 24.3 Å². The van der Waals surface area contributed by atoms with Crippen molar-refractivity contribution in [3.63, 3.8) is 0 Å². The van der Waals surface area contributed by atoms with E-state index in [1.54, 1.807) is 97.3 Å². The molecule has 0 radical (unpaired) electrons. The molecule has 9 rings (SSSR count). The number of carboxylic acid groups (broad SMARTS) is 2. The summed E-state index contributed by atoms with van der Waals surface area (Å²) in [4.78, 5) is 61.6. The van der Waals surface area contributed by atoms with Crippen LogP contribution in [0, 0.1) is 0 Å². The number of amides is 1. The summed E-state index contributed by atoms with van der Waals surface area (Å²) in [5.41, 5.74) is 9.26. The first-order valence-electron chi connectivity index (χ1n) is 20.8. The molecule has 6 aromatic carbocycles. The van der Waals surface area contributed by atoms with Crippen LogP contribution in [0.15, 0.2) is 157 Å². The number of rotatable bonds is 12. The minimum absolute atomic E-state index is 0.142. The predicted octanol–water partition coefficient (Wildman–Crippen LogP) is 14.4. The van der Waals surface area contributed by atoms with E-state index in [0.717, 1.165) is 38.6 Å². The maximum Gasteiger partial charge on any atom is 0.338 e. The molecule has 17 heteroatoms. The number of aromatic nitrogens is 3. The van der Waals surface area contributed by atoms with Gasteiger partial charge in [0.25, 0.3) is 5.91 Å². The molecule has 3 aromatic heterocycles. The van der Waals surface area contributed by atoms with E-state index in [0.29, 0.717) is 70.6 Å². The number of hydrogen-bond donors (Lipinski definition) is 3. The third kappa shape index (κ3) is 11.4. The zero-order valence-corrected chi connectivity index (χ0v) is 41.0. The van der Waals surface area contributed by atoms with Gasteiger partial charge in [0, 0.05) is 57.5 Å². The highest BCUT2D eigenvalue weighted by Gasteiger charge is 2.19. The summed E-state index contributed by atoms with van der Waals surface area (Å²) in [6.07, 6.45) is 3.34. The summed E-state index contributed by atoms with van der Waals surface area (Å²) in [5, 5.41) is 29.0. The molecular formula is C53H34Cl4N4O7S2. The highest BCUT2D eigenvalue weighted by molar-refractivity contribution is 7.13. The molecule has 0 spiro atoms. The van der Waals surface area contributed by atoms with Crippen molar-refractivity contribution in [2.75, 3.05) is 7.11 Å². The third-order valence-corrected chi connectivity index (χ3v) is 14.0. The SMILES string of the molecule is COC(=O)c1cc(-c2nc(-c3ccc(Cl)c(Cl)c3)cs2)ccc1-c1ccc(C(=O)O)cc1.O=C(NCc1ccncc1)c1ccc(-c2ccc(-c3nc(-c4ccc(Cl)c(Cl)c4)cs3)cc2C(=O)O)cc1. The smallest absolute Gasteiger partial charge is 0.338 e. The van der Waals surface area contributed by atoms with Crippen LogP contribution in [-0.4, -0.2) is 56.1 Å². The monoisotopic (exact) mass is 1040 g/mol. The Kier molecular flexibility index (Phi) is 15.5. The van der Waals surface area contributed by atoms with Crippen LogP contribution in [0.5, 0.6) is 0 Å². The molecule has 3 heterocycles. The summed E-state index contributed by atoms with van der Waals surface area (Å²) < 4.78 is 4.97. The molecule has 348 valence electrons. The third-order valence-electron chi connectivity index (χ3n) is 10.7. The molecule has 0 aliphatic rings. The Hall–Kier alpha value is -7.23. The first-order chi connectivity index (χ1) is 33.8. The number of nitrogens with zero attached hydrogens (tertiary/aromatic N) is 3. The van der Waals surface area contributed by atoms with Crippen molar-refractivity contribution >= 4 is 92.9 Å². The highest BCUT2D eigenvalue weighted by atomic mass is 35.5. The van der Waals surface area contributed by atoms with Crippen molar-refractivity contribution in [1.82, 2.24) is 20.3 Å². The van der Waals surface area contributed by atoms with Gasteiger partial charge >= 0.3 is 17.9 Å². The van der Waals surface area contributed by atoms with Crippen molar-refractivity contribution in [2.45, 2.75) is 6.54 Å². The van der Waals surface area contributed by atoms with Gasteiger partial charge in [0.15, 0.2) is 0 Å². The Labute approximate surface area is 428 Å². The number of aromatic carboxylic acids is 2. The normalized spacial score (nSPS) is 10.8. The van der Waals surface area contributed by atoms with Gasteiger partial charge in [-0.2, -0.15) is 0 Å². The lowest BCUT2D eigenvalue weighted by molar-refractivity contribution is 0.0599. The fourth-order valence-electron chi connectivity index (χ4n) is 7.08. The number of benzene rings is 6. The summed E-state index contributed by atoms with van der Waals surface area (Å²) in [5.74, 6) is -2.78. The molecule has 70 heavy (non-hydrogen) atoms. The van der Waals surface area contributed by atoms with E-state index in [1.807, 2.05) is 47.2 Å². The number of carbonyl (C=O) groups excluding carboxylic acids is 2. The lowest BCUT2D eigenvalue weighted by atomic mass is 9.96. The number of carboxylic acids is 2. The number of halogens is 4. The first-order valence-corrected chi connectivity index (χ1v) is 24.1. The first kappa shape index (κ1) is 49.2. The summed E-state index contributed by atoms with van der Waals surface area (Å²) >= 11 is 27.1. The quantitative estimate of drug-likeness (QED) is 0.100. The number of ether oxygens (including phenoxy) is 1. The Balaban J connectivity index is 0.000000191. The minimum atomic E-state index is -1.05. The lowest BCUT2D eigenvalue weighted by Gasteiger charge is -2.10. The van der Waals surface area contributed by atoms with Crippen molar-refractivity contribution < 1.29 is 34.1 Å². The number of pyridine rings is 1. The van der Waals surface area contributed by atoms with E-state index in [4.69, 9.17) is 56.2 Å². The summed E-state index contributed by atoms with van der Waals surface area (Å²) in [6, 6.07) is 38.1. The number of methoxy groups -OCH3 is 1. The fourth-order valence-corrected chi connectivity index (χ4v) is 9.33. The van der Waals surface area contributed by atoms with Crippen molar-refractivity contribution in [3.05, 3.63) is 205 Å². The minimum Gasteiger partial charge on any atom is -0.478 e. The van der Waals surface area contributed by atoms with Gasteiger partial charge in [-0.1, -0.05) is 107 Å². The average Bonchev–Trinajstić information content (AvgIpc) is 4.09. The van der Waals surface area contributed by atoms with Gasteiger partial charge in [0.2, 0.25) is 0 Å². The Morgan fingerprint density at radius 3 is 1.46 bits per heavy atom. The van der Waals surface area contributed by atoms with E-state index >= 15 is 0 Å². The lowest BCUT2D eigenvalue weighted by Crippen LogP contribution is -2.22. The van der Waals surface area contributed by atoms with Crippen LogP contribution in [-0.2, 0) is 11.3 Å². The van der Waals surface area contributed by atoms with Gasteiger partial charge in [-0.25, -0.2) is 24.4 Å². The zero-order chi connectivity index (χ0) is 49.5. The second kappa shape index (κ2) is 22.0. The van der Waals surface area contributed by atoms with E-state index in [2.05, 4.69) is 20.3 Å². The van der Waals surface area contributed by atoms with Crippen LogP contribution in [0.4, 0.5) is 0 Å². The van der Waals surface area contributed by atoms with Gasteiger partial charge in [-0.05, 0) is 101 Å². The second-order valence-corrected chi connectivity index (χ2v) is 18.5. The summed E-state index contributed by atoms with van der Waals surface area (Å²) in [7, 11) is 1.32. The molecule has 1 amide bonds. The van der Waals surface area contributed by atoms with Gasteiger partial charge in [-0.3, -0.25) is 9.78 Å². The maximum atomic E-state index is 12.5. The van der Waals surface area contributed by atoms with Crippen molar-refractivity contribution in [2.24, 2.45) is 0 Å². The maximum absolute atomic E-state index is 12.5. The standard InChI is InChI=1S/C29H19Cl2N3O3S.C24H15Cl2NO4S/c30-24-8-6-20(14-25(24)31)26-16-38-28(34-26)21-5-7-22(23(13-21)29(36)37)18-1-3-19(4-2-18)27(35)33-15-17-9-11-32-12-10-17;1-31-24(30)18-10-16(6-8-17(18)13-2-4-14(5-3-13)23(28)29)22-27-21(12-32-22)15-7-9-19(25)20(26)11-15/h1-14,16H,15H2,(H,33,35)(H,36,37);2-12H,1H3,(H,28,29). The molecule has 0 atom stereocenters. The van der Waals surface area contributed by atoms with Gasteiger partial charge in [0.1, 0.15) is 10.0 Å². The Morgan fingerprint density at radius 1 is 0.529 bits per heavy atom. The Morgan fingerprint density at radius 2 is 0.986 bits per heavy atom. The molecule has 3 N–H and O–H groups in total.